The summed E-state index contributed by atoms with van der Waals surface area (Å²) >= 11 is 0. The van der Waals surface area contributed by atoms with Crippen LogP contribution in [0.5, 0.6) is 0 Å². The summed E-state index contributed by atoms with van der Waals surface area (Å²) in [5.41, 5.74) is -1.27. The van der Waals surface area contributed by atoms with Crippen molar-refractivity contribution in [2.24, 2.45) is 17.8 Å². The van der Waals surface area contributed by atoms with Gasteiger partial charge in [-0.2, -0.15) is 0 Å². The molecule has 0 radical (unpaired) electrons. The Labute approximate surface area is 103 Å². The molecule has 2 saturated carbocycles. The topological polar surface area (TPSA) is 52.6 Å². The van der Waals surface area contributed by atoms with Gasteiger partial charge in [0, 0.05) is 19.3 Å². The van der Waals surface area contributed by atoms with Crippen LogP contribution in [-0.4, -0.2) is 30.1 Å². The molecule has 0 aromatic carbocycles. The first kappa shape index (κ1) is 11.9. The third-order valence-corrected chi connectivity index (χ3v) is 4.24. The minimum absolute atomic E-state index is 0.173. The molecule has 3 aliphatic rings. The number of carbonyl (C=O) groups is 2. The molecule has 4 unspecified atom stereocenters. The number of rotatable bonds is 3. The average molecular weight is 260 g/mol. The van der Waals surface area contributed by atoms with Crippen molar-refractivity contribution < 1.29 is 27.8 Å². The fraction of sp³-hybridized carbons (Fsp3) is 0.833. The molecular weight excluding hydrogens is 246 g/mol. The molecule has 0 aromatic rings. The molecule has 100 valence electrons. The number of alkyl halides is 2. The maximum absolute atomic E-state index is 12.7. The van der Waals surface area contributed by atoms with Gasteiger partial charge in [-0.15, -0.1) is 0 Å². The Bertz CT molecular complexity index is 417. The molecule has 1 saturated heterocycles. The van der Waals surface area contributed by atoms with Gasteiger partial charge >= 0.3 is 11.9 Å². The molecule has 0 amide bonds. The van der Waals surface area contributed by atoms with E-state index in [-0.39, 0.29) is 23.7 Å². The van der Waals surface area contributed by atoms with E-state index < -0.39 is 24.1 Å². The van der Waals surface area contributed by atoms with E-state index in [4.69, 9.17) is 4.74 Å². The summed E-state index contributed by atoms with van der Waals surface area (Å²) in [6.07, 6.45) is 1.94. The van der Waals surface area contributed by atoms with Gasteiger partial charge in [-0.3, -0.25) is 4.79 Å². The molecule has 18 heavy (non-hydrogen) atoms. The molecular formula is C12H14F2O4. The highest BCUT2D eigenvalue weighted by Gasteiger charge is 2.70. The van der Waals surface area contributed by atoms with Crippen LogP contribution in [-0.2, 0) is 19.1 Å². The first-order valence-corrected chi connectivity index (χ1v) is 6.10. The van der Waals surface area contributed by atoms with Gasteiger partial charge in [0.1, 0.15) is 0 Å². The molecule has 3 fully saturated rings. The molecule has 1 heterocycles. The second kappa shape index (κ2) is 3.42. The molecule has 2 aliphatic carbocycles. The molecule has 2 bridgehead atoms. The van der Waals surface area contributed by atoms with Crippen molar-refractivity contribution in [1.82, 2.24) is 0 Å². The van der Waals surface area contributed by atoms with E-state index in [9.17, 15) is 18.4 Å². The minimum Gasteiger partial charge on any atom is -0.456 e. The van der Waals surface area contributed by atoms with Crippen molar-refractivity contribution in [2.75, 3.05) is 6.61 Å². The van der Waals surface area contributed by atoms with Crippen molar-refractivity contribution in [2.45, 2.75) is 37.7 Å². The van der Waals surface area contributed by atoms with Crippen molar-refractivity contribution in [1.29, 1.82) is 0 Å². The summed E-state index contributed by atoms with van der Waals surface area (Å²) < 4.78 is 35.2. The molecule has 1 aliphatic heterocycles. The zero-order chi connectivity index (χ0) is 13.1. The van der Waals surface area contributed by atoms with E-state index in [1.807, 2.05) is 0 Å². The van der Waals surface area contributed by atoms with Crippen LogP contribution in [0.15, 0.2) is 0 Å². The number of carbonyl (C=O) groups excluding carboxylic acids is 2. The van der Waals surface area contributed by atoms with Crippen molar-refractivity contribution >= 4 is 11.9 Å². The predicted octanol–water partition coefficient (Wildman–Crippen LogP) is 1.53. The smallest absolute Gasteiger partial charge is 0.351 e. The Kier molecular flexibility index (Phi) is 2.26. The molecule has 0 N–H and O–H groups in total. The third kappa shape index (κ3) is 1.54. The monoisotopic (exact) mass is 260 g/mol. The van der Waals surface area contributed by atoms with Gasteiger partial charge in [-0.1, -0.05) is 0 Å². The van der Waals surface area contributed by atoms with Crippen LogP contribution in [0.2, 0.25) is 0 Å². The number of fused-ring (bicyclic) bond motifs is 1. The van der Waals surface area contributed by atoms with E-state index >= 15 is 0 Å². The second-order valence-electron chi connectivity index (χ2n) is 5.71. The van der Waals surface area contributed by atoms with Crippen molar-refractivity contribution in [3.63, 3.8) is 0 Å². The third-order valence-electron chi connectivity index (χ3n) is 4.24. The summed E-state index contributed by atoms with van der Waals surface area (Å²) in [4.78, 5) is 23.6. The number of esters is 2. The average Bonchev–Trinajstić information content (AvgIpc) is 2.84. The standard InChI is InChI=1S/C12H14F2O4/c1-11(13,14)5-17-10(16)12-4-6-2-7(8(12)3-6)9(15)18-12/h6-8H,2-5H2,1H3. The van der Waals surface area contributed by atoms with Crippen LogP contribution >= 0.6 is 0 Å². The zero-order valence-electron chi connectivity index (χ0n) is 9.95. The lowest BCUT2D eigenvalue weighted by Gasteiger charge is -2.28. The second-order valence-corrected chi connectivity index (χ2v) is 5.71. The lowest BCUT2D eigenvalue weighted by Crippen LogP contribution is -2.45. The SMILES string of the molecule is CC(F)(F)COC(=O)C12CC3CC(C(=O)O1)C2C3. The maximum atomic E-state index is 12.7. The van der Waals surface area contributed by atoms with Gasteiger partial charge < -0.3 is 9.47 Å². The molecule has 0 spiro atoms. The maximum Gasteiger partial charge on any atom is 0.351 e. The van der Waals surface area contributed by atoms with Crippen LogP contribution in [0.1, 0.15) is 26.2 Å². The van der Waals surface area contributed by atoms with Gasteiger partial charge in [0.05, 0.1) is 5.92 Å². The Morgan fingerprint density at radius 2 is 2.28 bits per heavy atom. The summed E-state index contributed by atoms with van der Waals surface area (Å²) in [6.45, 7) is -0.282. The fourth-order valence-corrected chi connectivity index (χ4v) is 3.63. The zero-order valence-corrected chi connectivity index (χ0v) is 9.95. The van der Waals surface area contributed by atoms with Crippen LogP contribution in [0.4, 0.5) is 8.78 Å². The highest BCUT2D eigenvalue weighted by molar-refractivity contribution is 5.90. The van der Waals surface area contributed by atoms with Gasteiger partial charge in [0.2, 0.25) is 5.60 Å². The Morgan fingerprint density at radius 1 is 1.56 bits per heavy atom. The minimum atomic E-state index is -3.06. The lowest BCUT2D eigenvalue weighted by molar-refractivity contribution is -0.182. The van der Waals surface area contributed by atoms with E-state index in [2.05, 4.69) is 4.74 Å². The summed E-state index contributed by atoms with van der Waals surface area (Å²) in [7, 11) is 0. The fourth-order valence-electron chi connectivity index (χ4n) is 3.63. The summed E-state index contributed by atoms with van der Waals surface area (Å²) in [6, 6.07) is 0. The molecule has 3 rings (SSSR count). The summed E-state index contributed by atoms with van der Waals surface area (Å²) in [5, 5.41) is 0. The predicted molar refractivity (Wildman–Crippen MR) is 54.7 cm³/mol. The van der Waals surface area contributed by atoms with Gasteiger partial charge in [-0.05, 0) is 18.8 Å². The first-order valence-electron chi connectivity index (χ1n) is 6.10. The van der Waals surface area contributed by atoms with E-state index in [0.717, 1.165) is 12.8 Å². The molecule has 4 nitrogen and oxygen atoms in total. The largest absolute Gasteiger partial charge is 0.456 e. The highest BCUT2D eigenvalue weighted by Crippen LogP contribution is 2.60. The van der Waals surface area contributed by atoms with Gasteiger partial charge in [0.15, 0.2) is 6.61 Å². The lowest BCUT2D eigenvalue weighted by atomic mass is 9.80. The number of hydrogen-bond donors (Lipinski definition) is 0. The van der Waals surface area contributed by atoms with Crippen LogP contribution in [0.25, 0.3) is 0 Å². The quantitative estimate of drug-likeness (QED) is 0.722. The molecule has 6 heteroatoms. The molecule has 0 aromatic heterocycles. The van der Waals surface area contributed by atoms with Crippen molar-refractivity contribution in [3.8, 4) is 0 Å². The van der Waals surface area contributed by atoms with Crippen LogP contribution in [0, 0.1) is 17.8 Å². The van der Waals surface area contributed by atoms with Gasteiger partial charge in [-0.25, -0.2) is 13.6 Å². The van der Waals surface area contributed by atoms with E-state index in [1.165, 1.54) is 0 Å². The van der Waals surface area contributed by atoms with Crippen LogP contribution in [0.3, 0.4) is 0 Å². The Balaban J connectivity index is 1.76. The highest BCUT2D eigenvalue weighted by atomic mass is 19.3. The number of halogens is 2. The Morgan fingerprint density at radius 3 is 2.89 bits per heavy atom. The molecule has 4 atom stereocenters. The van der Waals surface area contributed by atoms with Crippen LogP contribution < -0.4 is 0 Å². The normalized spacial score (nSPS) is 41.1. The Hall–Kier alpha value is -1.20. The number of ether oxygens (including phenoxy) is 2. The van der Waals surface area contributed by atoms with E-state index in [0.29, 0.717) is 13.3 Å². The number of hydrogen-bond acceptors (Lipinski definition) is 4. The van der Waals surface area contributed by atoms with Gasteiger partial charge in [0.25, 0.3) is 5.92 Å². The summed E-state index contributed by atoms with van der Waals surface area (Å²) in [5.74, 6) is -4.37. The first-order chi connectivity index (χ1) is 8.32. The van der Waals surface area contributed by atoms with E-state index in [1.54, 1.807) is 0 Å². The van der Waals surface area contributed by atoms with Crippen molar-refractivity contribution in [3.05, 3.63) is 0 Å².